The number of nitro groups is 1. The van der Waals surface area contributed by atoms with Gasteiger partial charge in [-0.1, -0.05) is 60.7 Å². The summed E-state index contributed by atoms with van der Waals surface area (Å²) in [5.74, 6) is 1.26. The van der Waals surface area contributed by atoms with Gasteiger partial charge in [-0.25, -0.2) is 0 Å². The number of nitrogens with zero attached hydrogens (tertiary/aromatic N) is 2. The van der Waals surface area contributed by atoms with Gasteiger partial charge in [0.2, 0.25) is 0 Å². The molecule has 3 aromatic rings. The van der Waals surface area contributed by atoms with E-state index in [9.17, 15) is 10.1 Å². The van der Waals surface area contributed by atoms with Crippen molar-refractivity contribution in [3.63, 3.8) is 0 Å². The molecule has 0 amide bonds. The highest BCUT2D eigenvalue weighted by atomic mass is 16.6. The summed E-state index contributed by atoms with van der Waals surface area (Å²) >= 11 is 0. The molecular weight excluding hydrogens is 404 g/mol. The molecule has 6 heteroatoms. The first-order valence-electron chi connectivity index (χ1n) is 10.3. The van der Waals surface area contributed by atoms with Crippen LogP contribution in [-0.2, 0) is 9.47 Å². The Labute approximate surface area is 187 Å². The summed E-state index contributed by atoms with van der Waals surface area (Å²) in [5.41, 5.74) is 3.01. The van der Waals surface area contributed by atoms with Crippen LogP contribution >= 0.6 is 0 Å². The van der Waals surface area contributed by atoms with E-state index in [0.717, 1.165) is 28.3 Å². The molecular formula is C26H24N2O4. The van der Waals surface area contributed by atoms with Gasteiger partial charge in [-0.2, -0.15) is 0 Å². The summed E-state index contributed by atoms with van der Waals surface area (Å²) in [5, 5.41) is 11.1. The summed E-state index contributed by atoms with van der Waals surface area (Å²) < 4.78 is 11.8. The smallest absolute Gasteiger partial charge is 0.269 e. The van der Waals surface area contributed by atoms with Crippen molar-refractivity contribution in [2.75, 3.05) is 19.1 Å². The number of ether oxygens (including phenoxy) is 2. The molecule has 0 N–H and O–H groups in total. The van der Waals surface area contributed by atoms with Gasteiger partial charge in [0, 0.05) is 30.2 Å². The summed E-state index contributed by atoms with van der Waals surface area (Å²) in [7, 11) is 3.32. The minimum atomic E-state index is -0.407. The highest BCUT2D eigenvalue weighted by Crippen LogP contribution is 2.45. The number of hydrogen-bond donors (Lipinski definition) is 0. The Bertz CT molecular complexity index is 1060. The van der Waals surface area contributed by atoms with Gasteiger partial charge in [0.1, 0.15) is 11.5 Å². The van der Waals surface area contributed by atoms with Crippen LogP contribution in [0.1, 0.15) is 23.0 Å². The van der Waals surface area contributed by atoms with Crippen molar-refractivity contribution in [3.8, 4) is 0 Å². The van der Waals surface area contributed by atoms with E-state index in [1.54, 1.807) is 26.4 Å². The molecule has 4 rings (SSSR count). The van der Waals surface area contributed by atoms with Crippen LogP contribution in [0.15, 0.2) is 109 Å². The molecule has 6 nitrogen and oxygen atoms in total. The van der Waals surface area contributed by atoms with Gasteiger partial charge in [-0.3, -0.25) is 10.1 Å². The molecule has 3 aromatic carbocycles. The maximum Gasteiger partial charge on any atom is 0.269 e. The van der Waals surface area contributed by atoms with E-state index >= 15 is 0 Å². The van der Waals surface area contributed by atoms with Crippen LogP contribution in [0.5, 0.6) is 0 Å². The Morgan fingerprint density at radius 1 is 0.719 bits per heavy atom. The Morgan fingerprint density at radius 3 is 1.53 bits per heavy atom. The van der Waals surface area contributed by atoms with Crippen LogP contribution in [0.4, 0.5) is 11.4 Å². The molecule has 0 saturated carbocycles. The lowest BCUT2D eigenvalue weighted by molar-refractivity contribution is -0.384. The molecule has 0 spiro atoms. The fourth-order valence-electron chi connectivity index (χ4n) is 4.09. The standard InChI is InChI=1S/C26H24N2O4/c1-31-23-17-27(21-13-15-22(16-14-21)28(29)30)18-24(32-2)26(20-11-7-4-8-12-20)25(23)19-9-5-3-6-10-19/h3-18,25-26H,1-2H3/t25-,26-/m1/s1. The number of anilines is 1. The van der Waals surface area contributed by atoms with E-state index in [4.69, 9.17) is 9.47 Å². The lowest BCUT2D eigenvalue weighted by Gasteiger charge is -2.29. The highest BCUT2D eigenvalue weighted by molar-refractivity contribution is 5.58. The number of allylic oxidation sites excluding steroid dienone is 2. The summed E-state index contributed by atoms with van der Waals surface area (Å²) in [6.07, 6.45) is 3.83. The predicted octanol–water partition coefficient (Wildman–Crippen LogP) is 5.96. The van der Waals surface area contributed by atoms with E-state index in [-0.39, 0.29) is 17.5 Å². The molecule has 1 aliphatic heterocycles. The zero-order valence-corrected chi connectivity index (χ0v) is 17.9. The van der Waals surface area contributed by atoms with Crippen molar-refractivity contribution >= 4 is 11.4 Å². The number of methoxy groups -OCH3 is 2. The molecule has 0 unspecified atom stereocenters. The first-order chi connectivity index (χ1) is 15.6. The molecule has 0 radical (unpaired) electrons. The van der Waals surface area contributed by atoms with Gasteiger partial charge in [-0.15, -0.1) is 0 Å². The molecule has 0 aliphatic carbocycles. The fraction of sp³-hybridized carbons (Fsp3) is 0.154. The van der Waals surface area contributed by atoms with Crippen LogP contribution < -0.4 is 4.90 Å². The van der Waals surface area contributed by atoms with Crippen molar-refractivity contribution in [2.24, 2.45) is 0 Å². The minimum Gasteiger partial charge on any atom is -0.499 e. The monoisotopic (exact) mass is 428 g/mol. The third-order valence-corrected chi connectivity index (χ3v) is 5.63. The molecule has 162 valence electrons. The van der Waals surface area contributed by atoms with E-state index < -0.39 is 4.92 Å². The molecule has 0 aromatic heterocycles. The Balaban J connectivity index is 1.89. The summed E-state index contributed by atoms with van der Waals surface area (Å²) in [6.45, 7) is 0. The SMILES string of the molecule is COC1=CN(c2ccc([N+](=O)[O-])cc2)C=C(OC)[C@@H](c2ccccc2)[C@@H]1c1ccccc1. The second kappa shape index (κ2) is 9.39. The molecule has 2 atom stereocenters. The van der Waals surface area contributed by atoms with Gasteiger partial charge >= 0.3 is 0 Å². The Kier molecular flexibility index (Phi) is 6.22. The lowest BCUT2D eigenvalue weighted by Crippen LogP contribution is -2.17. The number of rotatable bonds is 6. The Morgan fingerprint density at radius 2 is 1.16 bits per heavy atom. The second-order valence-electron chi connectivity index (χ2n) is 7.43. The maximum absolute atomic E-state index is 11.1. The van der Waals surface area contributed by atoms with E-state index in [0.29, 0.717) is 0 Å². The van der Waals surface area contributed by atoms with Crippen molar-refractivity contribution in [1.82, 2.24) is 0 Å². The highest BCUT2D eigenvalue weighted by Gasteiger charge is 2.35. The van der Waals surface area contributed by atoms with E-state index in [1.807, 2.05) is 53.7 Å². The van der Waals surface area contributed by atoms with Crippen molar-refractivity contribution < 1.29 is 14.4 Å². The second-order valence-corrected chi connectivity index (χ2v) is 7.43. The van der Waals surface area contributed by atoms with Gasteiger partial charge in [-0.05, 0) is 23.3 Å². The molecule has 1 heterocycles. The molecule has 0 saturated heterocycles. The summed E-state index contributed by atoms with van der Waals surface area (Å²) in [6, 6.07) is 26.8. The number of benzene rings is 3. The Hall–Kier alpha value is -4.06. The average Bonchev–Trinajstić information content (AvgIpc) is 3.02. The molecule has 0 fully saturated rings. The number of non-ortho nitro benzene ring substituents is 1. The maximum atomic E-state index is 11.1. The van der Waals surface area contributed by atoms with Crippen molar-refractivity contribution in [1.29, 1.82) is 0 Å². The number of hydrogen-bond acceptors (Lipinski definition) is 5. The van der Waals surface area contributed by atoms with Gasteiger partial charge < -0.3 is 14.4 Å². The normalized spacial score (nSPS) is 18.2. The third-order valence-electron chi connectivity index (χ3n) is 5.63. The predicted molar refractivity (Wildman–Crippen MR) is 124 cm³/mol. The zero-order chi connectivity index (χ0) is 22.5. The van der Waals surface area contributed by atoms with Gasteiger partial charge in [0.25, 0.3) is 5.69 Å². The fourth-order valence-corrected chi connectivity index (χ4v) is 4.09. The largest absolute Gasteiger partial charge is 0.499 e. The minimum absolute atomic E-state index is 0.0415. The van der Waals surface area contributed by atoms with E-state index in [1.165, 1.54) is 12.1 Å². The van der Waals surface area contributed by atoms with Crippen LogP contribution in [0, 0.1) is 10.1 Å². The molecule has 32 heavy (non-hydrogen) atoms. The zero-order valence-electron chi connectivity index (χ0n) is 17.9. The average molecular weight is 428 g/mol. The van der Waals surface area contributed by atoms with Crippen molar-refractivity contribution in [3.05, 3.63) is 130 Å². The lowest BCUT2D eigenvalue weighted by atomic mass is 9.79. The van der Waals surface area contributed by atoms with Crippen LogP contribution in [0.2, 0.25) is 0 Å². The van der Waals surface area contributed by atoms with Crippen molar-refractivity contribution in [2.45, 2.75) is 11.8 Å². The molecule has 0 bridgehead atoms. The number of nitro benzene ring substituents is 1. The topological polar surface area (TPSA) is 64.8 Å². The first-order valence-corrected chi connectivity index (χ1v) is 10.3. The van der Waals surface area contributed by atoms with Crippen LogP contribution in [-0.4, -0.2) is 19.1 Å². The van der Waals surface area contributed by atoms with Gasteiger partial charge in [0.05, 0.1) is 31.0 Å². The third kappa shape index (κ3) is 4.21. The van der Waals surface area contributed by atoms with Crippen LogP contribution in [0.3, 0.4) is 0 Å². The quantitative estimate of drug-likeness (QED) is 0.358. The molecule has 1 aliphatic rings. The van der Waals surface area contributed by atoms with E-state index in [2.05, 4.69) is 24.3 Å². The van der Waals surface area contributed by atoms with Gasteiger partial charge in [0.15, 0.2) is 0 Å². The van der Waals surface area contributed by atoms with Crippen LogP contribution in [0.25, 0.3) is 0 Å². The summed E-state index contributed by atoms with van der Waals surface area (Å²) in [4.78, 5) is 12.6. The first kappa shape index (κ1) is 21.2.